The normalized spacial score (nSPS) is 10.5. The van der Waals surface area contributed by atoms with Crippen LogP contribution >= 0.6 is 0 Å². The molecule has 100 valence electrons. The van der Waals surface area contributed by atoms with Crippen LogP contribution in [0.2, 0.25) is 0 Å². The third-order valence-electron chi connectivity index (χ3n) is 2.53. The molecule has 2 N–H and O–H groups in total. The van der Waals surface area contributed by atoms with E-state index in [0.717, 1.165) is 5.56 Å². The van der Waals surface area contributed by atoms with Gasteiger partial charge >= 0.3 is 0 Å². The summed E-state index contributed by atoms with van der Waals surface area (Å²) in [6.45, 7) is 0.305. The number of nitrogens with one attached hydrogen (secondary N) is 1. The van der Waals surface area contributed by atoms with Crippen molar-refractivity contribution in [2.45, 2.75) is 6.42 Å². The molecular formula is C13H11F3N2O. The van der Waals surface area contributed by atoms with Crippen molar-refractivity contribution in [3.63, 3.8) is 0 Å². The van der Waals surface area contributed by atoms with Crippen LogP contribution in [0.15, 0.2) is 30.3 Å². The Balaban J connectivity index is 1.96. The van der Waals surface area contributed by atoms with Crippen molar-refractivity contribution in [3.05, 3.63) is 53.5 Å². The van der Waals surface area contributed by atoms with E-state index in [1.807, 2.05) is 0 Å². The SMILES string of the molecule is Oc1ccc(CCNc2nc(F)c(F)cc2F)cc1. The second-order valence-electron chi connectivity index (χ2n) is 3.93. The van der Waals surface area contributed by atoms with E-state index >= 15 is 0 Å². The van der Waals surface area contributed by atoms with Crippen molar-refractivity contribution in [1.29, 1.82) is 0 Å². The van der Waals surface area contributed by atoms with Gasteiger partial charge in [-0.25, -0.2) is 8.78 Å². The summed E-state index contributed by atoms with van der Waals surface area (Å²) in [5, 5.41) is 11.7. The van der Waals surface area contributed by atoms with Crippen molar-refractivity contribution in [2.75, 3.05) is 11.9 Å². The van der Waals surface area contributed by atoms with Crippen LogP contribution in [0.5, 0.6) is 5.75 Å². The van der Waals surface area contributed by atoms with Crippen LogP contribution < -0.4 is 5.32 Å². The molecule has 1 aromatic heterocycles. The zero-order valence-electron chi connectivity index (χ0n) is 9.83. The molecule has 19 heavy (non-hydrogen) atoms. The van der Waals surface area contributed by atoms with Crippen LogP contribution in [0, 0.1) is 17.6 Å². The fourth-order valence-electron chi connectivity index (χ4n) is 1.56. The number of rotatable bonds is 4. The quantitative estimate of drug-likeness (QED) is 0.838. The minimum Gasteiger partial charge on any atom is -0.508 e. The van der Waals surface area contributed by atoms with Crippen LogP contribution in [-0.4, -0.2) is 16.6 Å². The lowest BCUT2D eigenvalue weighted by Crippen LogP contribution is -2.09. The van der Waals surface area contributed by atoms with Crippen molar-refractivity contribution < 1.29 is 18.3 Å². The number of hydrogen-bond donors (Lipinski definition) is 2. The lowest BCUT2D eigenvalue weighted by molar-refractivity contribution is 0.466. The predicted molar refractivity (Wildman–Crippen MR) is 64.4 cm³/mol. The highest BCUT2D eigenvalue weighted by molar-refractivity contribution is 5.36. The standard InChI is InChI=1S/C13H11F3N2O/c14-10-7-11(15)13(18-12(10)16)17-6-5-8-1-3-9(19)4-2-8/h1-4,7,19H,5-6H2,(H,17,18). The van der Waals surface area contributed by atoms with Gasteiger partial charge in [0, 0.05) is 12.6 Å². The van der Waals surface area contributed by atoms with Gasteiger partial charge in [0.15, 0.2) is 17.5 Å². The summed E-state index contributed by atoms with van der Waals surface area (Å²) >= 11 is 0. The fourth-order valence-corrected chi connectivity index (χ4v) is 1.56. The van der Waals surface area contributed by atoms with Crippen LogP contribution in [-0.2, 0) is 6.42 Å². The lowest BCUT2D eigenvalue weighted by Gasteiger charge is -2.07. The number of phenols is 1. The van der Waals surface area contributed by atoms with E-state index in [9.17, 15) is 13.2 Å². The van der Waals surface area contributed by atoms with Crippen molar-refractivity contribution in [1.82, 2.24) is 4.98 Å². The van der Waals surface area contributed by atoms with E-state index < -0.39 is 17.6 Å². The molecule has 0 radical (unpaired) electrons. The van der Waals surface area contributed by atoms with Gasteiger partial charge in [-0.2, -0.15) is 9.37 Å². The number of benzene rings is 1. The summed E-state index contributed by atoms with van der Waals surface area (Å²) in [6.07, 6.45) is 0.528. The smallest absolute Gasteiger partial charge is 0.251 e. The molecule has 0 bridgehead atoms. The Hall–Kier alpha value is -2.24. The Labute approximate surface area is 107 Å². The summed E-state index contributed by atoms with van der Waals surface area (Å²) in [5.41, 5.74) is 0.910. The topological polar surface area (TPSA) is 45.1 Å². The van der Waals surface area contributed by atoms with Gasteiger partial charge in [-0.05, 0) is 24.1 Å². The van der Waals surface area contributed by atoms with Crippen LogP contribution in [0.4, 0.5) is 19.0 Å². The second kappa shape index (κ2) is 5.60. The Kier molecular flexibility index (Phi) is 3.89. The maximum absolute atomic E-state index is 13.2. The Morgan fingerprint density at radius 3 is 2.42 bits per heavy atom. The maximum atomic E-state index is 13.2. The van der Waals surface area contributed by atoms with E-state index in [2.05, 4.69) is 10.3 Å². The molecule has 0 aliphatic carbocycles. The molecule has 0 unspecified atom stereocenters. The molecule has 0 saturated carbocycles. The Morgan fingerprint density at radius 2 is 1.74 bits per heavy atom. The average Bonchev–Trinajstić information content (AvgIpc) is 2.38. The number of aromatic nitrogens is 1. The van der Waals surface area contributed by atoms with Crippen molar-refractivity contribution in [2.24, 2.45) is 0 Å². The first-order chi connectivity index (χ1) is 9.06. The molecule has 1 aromatic carbocycles. The molecule has 2 rings (SSSR count). The number of pyridine rings is 1. The molecule has 2 aromatic rings. The molecule has 1 heterocycles. The minimum atomic E-state index is -1.34. The molecule has 0 aliphatic heterocycles. The first-order valence-corrected chi connectivity index (χ1v) is 5.59. The van der Waals surface area contributed by atoms with E-state index in [1.54, 1.807) is 12.1 Å². The van der Waals surface area contributed by atoms with Gasteiger partial charge in [-0.15, -0.1) is 0 Å². The maximum Gasteiger partial charge on any atom is 0.251 e. The van der Waals surface area contributed by atoms with Gasteiger partial charge in [0.25, 0.3) is 5.95 Å². The second-order valence-corrected chi connectivity index (χ2v) is 3.93. The Bertz CT molecular complexity index is 573. The highest BCUT2D eigenvalue weighted by Gasteiger charge is 2.10. The molecule has 6 heteroatoms. The van der Waals surface area contributed by atoms with E-state index in [1.165, 1.54) is 12.1 Å². The number of aromatic hydroxyl groups is 1. The number of anilines is 1. The number of nitrogens with zero attached hydrogens (tertiary/aromatic N) is 1. The monoisotopic (exact) mass is 268 g/mol. The van der Waals surface area contributed by atoms with Gasteiger partial charge in [-0.1, -0.05) is 12.1 Å². The number of phenolic OH excluding ortho intramolecular Hbond substituents is 1. The zero-order valence-corrected chi connectivity index (χ0v) is 9.83. The number of halogens is 3. The lowest BCUT2D eigenvalue weighted by atomic mass is 10.1. The van der Waals surface area contributed by atoms with Gasteiger partial charge in [-0.3, -0.25) is 0 Å². The predicted octanol–water partition coefficient (Wildman–Crippen LogP) is 2.86. The molecule has 0 aliphatic rings. The zero-order chi connectivity index (χ0) is 13.8. The third kappa shape index (κ3) is 3.37. The third-order valence-corrected chi connectivity index (χ3v) is 2.53. The van der Waals surface area contributed by atoms with Crippen LogP contribution in [0.25, 0.3) is 0 Å². The number of hydrogen-bond acceptors (Lipinski definition) is 3. The molecule has 0 fully saturated rings. The first kappa shape index (κ1) is 13.2. The molecule has 0 saturated heterocycles. The average molecular weight is 268 g/mol. The van der Waals surface area contributed by atoms with Crippen molar-refractivity contribution in [3.8, 4) is 5.75 Å². The summed E-state index contributed by atoms with van der Waals surface area (Å²) in [6, 6.07) is 6.95. The van der Waals surface area contributed by atoms with E-state index in [0.29, 0.717) is 19.0 Å². The van der Waals surface area contributed by atoms with E-state index in [-0.39, 0.29) is 11.6 Å². The van der Waals surface area contributed by atoms with Crippen molar-refractivity contribution >= 4 is 5.82 Å². The molecule has 0 amide bonds. The van der Waals surface area contributed by atoms with Gasteiger partial charge in [0.1, 0.15) is 5.75 Å². The molecule has 0 atom stereocenters. The summed E-state index contributed by atoms with van der Waals surface area (Å²) in [4.78, 5) is 3.15. The van der Waals surface area contributed by atoms with Crippen LogP contribution in [0.3, 0.4) is 0 Å². The van der Waals surface area contributed by atoms with Gasteiger partial charge < -0.3 is 10.4 Å². The fraction of sp³-hybridized carbons (Fsp3) is 0.154. The summed E-state index contributed by atoms with van der Waals surface area (Å²) < 4.78 is 38.7. The van der Waals surface area contributed by atoms with Crippen LogP contribution in [0.1, 0.15) is 5.56 Å². The molecule has 0 spiro atoms. The highest BCUT2D eigenvalue weighted by atomic mass is 19.2. The highest BCUT2D eigenvalue weighted by Crippen LogP contribution is 2.15. The Morgan fingerprint density at radius 1 is 1.05 bits per heavy atom. The van der Waals surface area contributed by atoms with E-state index in [4.69, 9.17) is 5.11 Å². The molecule has 3 nitrogen and oxygen atoms in total. The largest absolute Gasteiger partial charge is 0.508 e. The first-order valence-electron chi connectivity index (χ1n) is 5.59. The summed E-state index contributed by atoms with van der Waals surface area (Å²) in [7, 11) is 0. The minimum absolute atomic E-state index is 0.157. The molecular weight excluding hydrogens is 257 g/mol. The summed E-state index contributed by atoms with van der Waals surface area (Å²) in [5.74, 6) is -3.76. The van der Waals surface area contributed by atoms with Gasteiger partial charge in [0.05, 0.1) is 0 Å². The van der Waals surface area contributed by atoms with Gasteiger partial charge in [0.2, 0.25) is 0 Å².